The van der Waals surface area contributed by atoms with Gasteiger partial charge in [0.15, 0.2) is 0 Å². The van der Waals surface area contributed by atoms with E-state index in [0.717, 1.165) is 32.1 Å². The van der Waals surface area contributed by atoms with E-state index in [0.29, 0.717) is 0 Å². The molecule has 2 heteroatoms. The van der Waals surface area contributed by atoms with E-state index in [2.05, 4.69) is 31.2 Å². The second-order valence-corrected chi connectivity index (χ2v) is 4.70. The molecule has 0 aliphatic rings. The van der Waals surface area contributed by atoms with Gasteiger partial charge in [-0.05, 0) is 37.7 Å². The minimum Gasteiger partial charge on any atom is -0.424 e. The predicted molar refractivity (Wildman–Crippen MR) is 74.0 cm³/mol. The topological polar surface area (TPSA) is 33.0 Å². The summed E-state index contributed by atoms with van der Waals surface area (Å²) in [4.78, 5) is 0. The number of hydrogen-bond donors (Lipinski definition) is 0. The largest absolute Gasteiger partial charge is 0.424 e. The highest BCUT2D eigenvalue weighted by atomic mass is 16.5. The second-order valence-electron chi connectivity index (χ2n) is 4.70. The molecule has 98 valence electrons. The summed E-state index contributed by atoms with van der Waals surface area (Å²) in [6.07, 6.45) is 9.70. The van der Waals surface area contributed by atoms with Crippen molar-refractivity contribution < 1.29 is 4.74 Å². The number of unbranched alkanes of at least 4 members (excludes halogenated alkanes) is 2. The zero-order valence-corrected chi connectivity index (χ0v) is 11.3. The van der Waals surface area contributed by atoms with E-state index in [4.69, 9.17) is 10.00 Å². The number of ether oxygens (including phenoxy) is 1. The molecule has 1 aromatic rings. The molecule has 0 aromatic heterocycles. The van der Waals surface area contributed by atoms with E-state index < -0.39 is 0 Å². The molecule has 0 radical (unpaired) electrons. The first kappa shape index (κ1) is 14.6. The molecular formula is C16H23NO. The van der Waals surface area contributed by atoms with E-state index in [1.807, 2.05) is 12.3 Å². The molecule has 0 fully saturated rings. The van der Waals surface area contributed by atoms with Crippen LogP contribution in [0.15, 0.2) is 30.3 Å². The molecule has 0 heterocycles. The van der Waals surface area contributed by atoms with Crippen molar-refractivity contribution in [2.75, 3.05) is 0 Å². The lowest BCUT2D eigenvalue weighted by molar-refractivity contribution is 0.137. The Bertz CT molecular complexity index is 342. The van der Waals surface area contributed by atoms with Crippen LogP contribution < -0.4 is 0 Å². The highest BCUT2D eigenvalue weighted by Gasteiger charge is 2.09. The Kier molecular flexibility index (Phi) is 7.72. The van der Waals surface area contributed by atoms with Crippen LogP contribution in [-0.2, 0) is 11.2 Å². The third-order valence-electron chi connectivity index (χ3n) is 3.18. The van der Waals surface area contributed by atoms with Crippen molar-refractivity contribution in [2.45, 2.75) is 58.0 Å². The van der Waals surface area contributed by atoms with Crippen LogP contribution in [0, 0.1) is 11.5 Å². The average molecular weight is 245 g/mol. The van der Waals surface area contributed by atoms with Crippen LogP contribution >= 0.6 is 0 Å². The highest BCUT2D eigenvalue weighted by molar-refractivity contribution is 5.14. The highest BCUT2D eigenvalue weighted by Crippen LogP contribution is 2.14. The summed E-state index contributed by atoms with van der Waals surface area (Å²) < 4.78 is 5.13. The summed E-state index contributed by atoms with van der Waals surface area (Å²) in [7, 11) is 0. The molecule has 0 saturated heterocycles. The Morgan fingerprint density at radius 3 is 2.50 bits per heavy atom. The van der Waals surface area contributed by atoms with Crippen molar-refractivity contribution in [1.82, 2.24) is 0 Å². The van der Waals surface area contributed by atoms with Gasteiger partial charge in [0.05, 0.1) is 0 Å². The molecule has 1 aromatic carbocycles. The maximum atomic E-state index is 8.64. The quantitative estimate of drug-likeness (QED) is 0.475. The summed E-state index contributed by atoms with van der Waals surface area (Å²) in [5.41, 5.74) is 1.36. The SMILES string of the molecule is CCCCCC(CCCc1ccccc1)OC#N. The molecule has 0 aliphatic heterocycles. The lowest BCUT2D eigenvalue weighted by Gasteiger charge is -2.13. The lowest BCUT2D eigenvalue weighted by atomic mass is 10.0. The van der Waals surface area contributed by atoms with E-state index in [-0.39, 0.29) is 6.10 Å². The molecule has 1 atom stereocenters. The van der Waals surface area contributed by atoms with Crippen LogP contribution in [0.4, 0.5) is 0 Å². The summed E-state index contributed by atoms with van der Waals surface area (Å²) in [6, 6.07) is 10.5. The summed E-state index contributed by atoms with van der Waals surface area (Å²) in [5, 5.41) is 8.64. The van der Waals surface area contributed by atoms with Crippen LogP contribution in [0.3, 0.4) is 0 Å². The summed E-state index contributed by atoms with van der Waals surface area (Å²) >= 11 is 0. The van der Waals surface area contributed by atoms with E-state index in [1.165, 1.54) is 18.4 Å². The Balaban J connectivity index is 2.22. The Morgan fingerprint density at radius 2 is 1.83 bits per heavy atom. The summed E-state index contributed by atoms with van der Waals surface area (Å²) in [6.45, 7) is 2.19. The third kappa shape index (κ3) is 6.30. The van der Waals surface area contributed by atoms with Crippen molar-refractivity contribution >= 4 is 0 Å². The van der Waals surface area contributed by atoms with Gasteiger partial charge in [-0.3, -0.25) is 0 Å². The molecule has 1 rings (SSSR count). The number of benzene rings is 1. The normalized spacial score (nSPS) is 11.8. The van der Waals surface area contributed by atoms with Gasteiger partial charge in [-0.2, -0.15) is 5.26 Å². The molecular weight excluding hydrogens is 222 g/mol. The first-order valence-corrected chi connectivity index (χ1v) is 6.95. The van der Waals surface area contributed by atoms with Gasteiger partial charge in [-0.1, -0.05) is 50.1 Å². The first-order valence-electron chi connectivity index (χ1n) is 6.95. The number of hydrogen-bond acceptors (Lipinski definition) is 2. The van der Waals surface area contributed by atoms with Crippen molar-refractivity contribution in [3.63, 3.8) is 0 Å². The fraction of sp³-hybridized carbons (Fsp3) is 0.562. The lowest BCUT2D eigenvalue weighted by Crippen LogP contribution is -2.10. The standard InChI is InChI=1S/C16H23NO/c1-2-3-5-12-16(18-14-17)13-8-11-15-9-6-4-7-10-15/h4,6-7,9-10,16H,2-3,5,8,11-13H2,1H3. The monoisotopic (exact) mass is 245 g/mol. The maximum absolute atomic E-state index is 8.64. The third-order valence-corrected chi connectivity index (χ3v) is 3.18. The molecule has 0 spiro atoms. The number of aryl methyl sites for hydroxylation is 1. The van der Waals surface area contributed by atoms with Gasteiger partial charge in [0.25, 0.3) is 6.26 Å². The zero-order valence-electron chi connectivity index (χ0n) is 11.3. The molecule has 0 aliphatic carbocycles. The second kappa shape index (κ2) is 9.53. The van der Waals surface area contributed by atoms with Gasteiger partial charge in [-0.15, -0.1) is 0 Å². The van der Waals surface area contributed by atoms with Crippen LogP contribution in [-0.4, -0.2) is 6.10 Å². The fourth-order valence-corrected chi connectivity index (χ4v) is 2.14. The van der Waals surface area contributed by atoms with Crippen LogP contribution in [0.25, 0.3) is 0 Å². The molecule has 0 saturated carbocycles. The van der Waals surface area contributed by atoms with E-state index >= 15 is 0 Å². The molecule has 1 unspecified atom stereocenters. The molecule has 2 nitrogen and oxygen atoms in total. The summed E-state index contributed by atoms with van der Waals surface area (Å²) in [5.74, 6) is 0. The van der Waals surface area contributed by atoms with Gasteiger partial charge < -0.3 is 4.74 Å². The maximum Gasteiger partial charge on any atom is 0.286 e. The minimum absolute atomic E-state index is 0.116. The van der Waals surface area contributed by atoms with Crippen LogP contribution in [0.5, 0.6) is 0 Å². The van der Waals surface area contributed by atoms with Gasteiger partial charge >= 0.3 is 0 Å². The molecule has 18 heavy (non-hydrogen) atoms. The van der Waals surface area contributed by atoms with Crippen LogP contribution in [0.2, 0.25) is 0 Å². The fourth-order valence-electron chi connectivity index (χ4n) is 2.14. The molecule has 0 amide bonds. The molecule has 0 bridgehead atoms. The zero-order chi connectivity index (χ0) is 13.1. The van der Waals surface area contributed by atoms with Crippen LogP contribution in [0.1, 0.15) is 51.0 Å². The Labute approximate surface area is 111 Å². The van der Waals surface area contributed by atoms with E-state index in [1.54, 1.807) is 0 Å². The van der Waals surface area contributed by atoms with Gasteiger partial charge in [-0.25, -0.2) is 0 Å². The minimum atomic E-state index is 0.116. The van der Waals surface area contributed by atoms with Crippen molar-refractivity contribution in [2.24, 2.45) is 0 Å². The number of rotatable bonds is 9. The van der Waals surface area contributed by atoms with Gasteiger partial charge in [0.1, 0.15) is 6.10 Å². The van der Waals surface area contributed by atoms with E-state index in [9.17, 15) is 0 Å². The Hall–Kier alpha value is -1.49. The predicted octanol–water partition coefficient (Wildman–Crippen LogP) is 4.46. The Morgan fingerprint density at radius 1 is 1.11 bits per heavy atom. The van der Waals surface area contributed by atoms with Gasteiger partial charge in [0, 0.05) is 0 Å². The average Bonchev–Trinajstić information content (AvgIpc) is 2.40. The first-order chi connectivity index (χ1) is 8.86. The number of nitriles is 1. The van der Waals surface area contributed by atoms with Crippen molar-refractivity contribution in [3.8, 4) is 6.26 Å². The van der Waals surface area contributed by atoms with Crippen molar-refractivity contribution in [1.29, 1.82) is 5.26 Å². The molecule has 0 N–H and O–H groups in total. The van der Waals surface area contributed by atoms with Gasteiger partial charge in [0.2, 0.25) is 0 Å². The smallest absolute Gasteiger partial charge is 0.286 e. The number of nitrogens with zero attached hydrogens (tertiary/aromatic N) is 1. The van der Waals surface area contributed by atoms with Crippen molar-refractivity contribution in [3.05, 3.63) is 35.9 Å².